The van der Waals surface area contributed by atoms with Gasteiger partial charge in [-0.1, -0.05) is 13.8 Å². The van der Waals surface area contributed by atoms with Crippen molar-refractivity contribution in [3.8, 4) is 6.07 Å². The van der Waals surface area contributed by atoms with Gasteiger partial charge in [0.15, 0.2) is 5.78 Å². The molecule has 0 aliphatic heterocycles. The molecule has 2 N–H and O–H groups in total. The van der Waals surface area contributed by atoms with Crippen LogP contribution < -0.4 is 5.56 Å². The standard InChI is InChI=1S/C23H26N2O3/c1-12(2)19-21(22(27)17-8-13(3)7-15(9-17)10-24)20(14(4)25-23(19)28)18(11-26)16-5-6-16/h7-9,12,16,18,26H,5-6,11H2,1-4H3,(H,25,28). The van der Waals surface area contributed by atoms with Crippen molar-refractivity contribution in [3.63, 3.8) is 0 Å². The minimum absolute atomic E-state index is 0.0629. The summed E-state index contributed by atoms with van der Waals surface area (Å²) in [5, 5.41) is 19.4. The van der Waals surface area contributed by atoms with Crippen molar-refractivity contribution in [2.75, 3.05) is 6.61 Å². The topological polar surface area (TPSA) is 93.9 Å². The largest absolute Gasteiger partial charge is 0.396 e. The van der Waals surface area contributed by atoms with Gasteiger partial charge in [0, 0.05) is 28.3 Å². The molecule has 0 saturated heterocycles. The van der Waals surface area contributed by atoms with Crippen LogP contribution in [0.4, 0.5) is 0 Å². The number of aliphatic hydroxyl groups is 1. The van der Waals surface area contributed by atoms with Crippen LogP contribution in [0.3, 0.4) is 0 Å². The summed E-state index contributed by atoms with van der Waals surface area (Å²) in [5.41, 5.74) is 3.60. The maximum absolute atomic E-state index is 13.6. The summed E-state index contributed by atoms with van der Waals surface area (Å²) in [6.07, 6.45) is 2.02. The zero-order valence-corrected chi connectivity index (χ0v) is 16.8. The highest BCUT2D eigenvalue weighted by Crippen LogP contribution is 2.45. The molecular formula is C23H26N2O3. The molecular weight excluding hydrogens is 352 g/mol. The molecule has 0 bridgehead atoms. The van der Waals surface area contributed by atoms with E-state index in [4.69, 9.17) is 0 Å². The summed E-state index contributed by atoms with van der Waals surface area (Å²) >= 11 is 0. The van der Waals surface area contributed by atoms with E-state index in [-0.39, 0.29) is 29.8 Å². The van der Waals surface area contributed by atoms with Crippen LogP contribution in [0.2, 0.25) is 0 Å². The van der Waals surface area contributed by atoms with Crippen molar-refractivity contribution in [1.82, 2.24) is 4.98 Å². The Morgan fingerprint density at radius 1 is 1.25 bits per heavy atom. The van der Waals surface area contributed by atoms with Gasteiger partial charge in [0.05, 0.1) is 18.2 Å². The number of aliphatic hydroxyl groups excluding tert-OH is 1. The number of H-pyrrole nitrogens is 1. The minimum atomic E-state index is -0.264. The number of ketones is 1. The summed E-state index contributed by atoms with van der Waals surface area (Å²) in [5.74, 6) is -0.255. The minimum Gasteiger partial charge on any atom is -0.396 e. The smallest absolute Gasteiger partial charge is 0.252 e. The molecule has 1 fully saturated rings. The predicted molar refractivity (Wildman–Crippen MR) is 108 cm³/mol. The molecule has 1 saturated carbocycles. The first-order valence-electron chi connectivity index (χ1n) is 9.72. The molecule has 1 unspecified atom stereocenters. The maximum atomic E-state index is 13.6. The van der Waals surface area contributed by atoms with E-state index in [1.165, 1.54) is 0 Å². The summed E-state index contributed by atoms with van der Waals surface area (Å²) in [6, 6.07) is 7.14. The Morgan fingerprint density at radius 3 is 2.46 bits per heavy atom. The molecule has 1 heterocycles. The Morgan fingerprint density at radius 2 is 1.93 bits per heavy atom. The fourth-order valence-corrected chi connectivity index (χ4v) is 4.11. The van der Waals surface area contributed by atoms with E-state index in [1.807, 2.05) is 20.8 Å². The lowest BCUT2D eigenvalue weighted by molar-refractivity contribution is 0.103. The van der Waals surface area contributed by atoms with Crippen LogP contribution in [0.25, 0.3) is 0 Å². The number of aromatic amines is 1. The number of pyridine rings is 1. The first-order chi connectivity index (χ1) is 13.3. The van der Waals surface area contributed by atoms with Crippen molar-refractivity contribution in [3.05, 3.63) is 67.6 Å². The molecule has 1 aromatic carbocycles. The van der Waals surface area contributed by atoms with Gasteiger partial charge in [-0.15, -0.1) is 0 Å². The number of nitrogens with zero attached hydrogens (tertiary/aromatic N) is 1. The van der Waals surface area contributed by atoms with Crippen LogP contribution in [-0.2, 0) is 0 Å². The molecule has 1 aliphatic rings. The highest BCUT2D eigenvalue weighted by molar-refractivity contribution is 6.11. The Balaban J connectivity index is 2.31. The third-order valence-electron chi connectivity index (χ3n) is 5.52. The number of nitrogens with one attached hydrogen (secondary N) is 1. The molecule has 1 atom stereocenters. The number of rotatable bonds is 6. The molecule has 0 radical (unpaired) electrons. The van der Waals surface area contributed by atoms with Crippen molar-refractivity contribution in [2.45, 2.75) is 52.4 Å². The average molecular weight is 378 g/mol. The number of carbonyl (C=O) groups excluding carboxylic acids is 1. The van der Waals surface area contributed by atoms with Crippen molar-refractivity contribution in [1.29, 1.82) is 5.26 Å². The number of carbonyl (C=O) groups is 1. The SMILES string of the molecule is Cc1cc(C#N)cc(C(=O)c2c(C(CO)C3CC3)c(C)[nH]c(=O)c2C(C)C)c1. The number of nitriles is 1. The quantitative estimate of drug-likeness (QED) is 0.749. The van der Waals surface area contributed by atoms with Gasteiger partial charge < -0.3 is 10.1 Å². The highest BCUT2D eigenvalue weighted by Gasteiger charge is 2.37. The van der Waals surface area contributed by atoms with Crippen LogP contribution in [0.15, 0.2) is 23.0 Å². The first kappa shape index (κ1) is 20.0. The zero-order valence-electron chi connectivity index (χ0n) is 16.8. The normalized spacial score (nSPS) is 14.8. The Bertz CT molecular complexity index is 1020. The lowest BCUT2D eigenvalue weighted by Crippen LogP contribution is -2.27. The Kier molecular flexibility index (Phi) is 5.53. The van der Waals surface area contributed by atoms with Gasteiger partial charge in [-0.25, -0.2) is 0 Å². The van der Waals surface area contributed by atoms with Gasteiger partial charge in [0.1, 0.15) is 0 Å². The second-order valence-corrected chi connectivity index (χ2v) is 8.09. The molecule has 1 aromatic heterocycles. The molecule has 1 aliphatic carbocycles. The number of benzene rings is 1. The fraction of sp³-hybridized carbons (Fsp3) is 0.435. The summed E-state index contributed by atoms with van der Waals surface area (Å²) in [7, 11) is 0. The van der Waals surface area contributed by atoms with Crippen LogP contribution in [0, 0.1) is 31.1 Å². The van der Waals surface area contributed by atoms with Crippen LogP contribution in [0.1, 0.15) is 82.4 Å². The van der Waals surface area contributed by atoms with Gasteiger partial charge in [-0.3, -0.25) is 9.59 Å². The maximum Gasteiger partial charge on any atom is 0.252 e. The molecule has 2 aromatic rings. The van der Waals surface area contributed by atoms with Crippen LogP contribution in [0.5, 0.6) is 0 Å². The third-order valence-corrected chi connectivity index (χ3v) is 5.52. The molecule has 3 rings (SSSR count). The molecule has 0 spiro atoms. The van der Waals surface area contributed by atoms with E-state index in [0.717, 1.165) is 24.0 Å². The summed E-state index contributed by atoms with van der Waals surface area (Å²) in [6.45, 7) is 7.35. The van der Waals surface area contributed by atoms with Crippen molar-refractivity contribution in [2.24, 2.45) is 5.92 Å². The van der Waals surface area contributed by atoms with E-state index in [9.17, 15) is 20.0 Å². The second-order valence-electron chi connectivity index (χ2n) is 8.09. The lowest BCUT2D eigenvalue weighted by atomic mass is 9.82. The average Bonchev–Trinajstić information content (AvgIpc) is 3.47. The van der Waals surface area contributed by atoms with Crippen LogP contribution in [-0.4, -0.2) is 22.5 Å². The monoisotopic (exact) mass is 378 g/mol. The first-order valence-corrected chi connectivity index (χ1v) is 9.72. The number of hydrogen-bond donors (Lipinski definition) is 2. The third kappa shape index (κ3) is 3.65. The summed E-state index contributed by atoms with van der Waals surface area (Å²) < 4.78 is 0. The second kappa shape index (κ2) is 7.73. The Hall–Kier alpha value is -2.71. The van der Waals surface area contributed by atoms with Crippen molar-refractivity contribution < 1.29 is 9.90 Å². The molecule has 0 amide bonds. The van der Waals surface area contributed by atoms with E-state index in [0.29, 0.717) is 33.9 Å². The lowest BCUT2D eigenvalue weighted by Gasteiger charge is -2.23. The number of hydrogen-bond acceptors (Lipinski definition) is 4. The van der Waals surface area contributed by atoms with E-state index in [1.54, 1.807) is 25.1 Å². The molecule has 28 heavy (non-hydrogen) atoms. The van der Waals surface area contributed by atoms with Crippen LogP contribution >= 0.6 is 0 Å². The van der Waals surface area contributed by atoms with Crippen molar-refractivity contribution >= 4 is 5.78 Å². The Labute approximate surface area is 165 Å². The fourth-order valence-electron chi connectivity index (χ4n) is 4.11. The summed E-state index contributed by atoms with van der Waals surface area (Å²) in [4.78, 5) is 29.3. The van der Waals surface area contributed by atoms with Gasteiger partial charge in [0.25, 0.3) is 5.56 Å². The van der Waals surface area contributed by atoms with Gasteiger partial charge in [-0.2, -0.15) is 5.26 Å². The number of aryl methyl sites for hydroxylation is 2. The van der Waals surface area contributed by atoms with E-state index < -0.39 is 0 Å². The molecule has 5 heteroatoms. The molecule has 146 valence electrons. The van der Waals surface area contributed by atoms with E-state index >= 15 is 0 Å². The van der Waals surface area contributed by atoms with Gasteiger partial charge in [0.2, 0.25) is 0 Å². The van der Waals surface area contributed by atoms with Gasteiger partial charge >= 0.3 is 0 Å². The number of aromatic nitrogens is 1. The van der Waals surface area contributed by atoms with Gasteiger partial charge in [-0.05, 0) is 67.9 Å². The zero-order chi connectivity index (χ0) is 20.6. The van der Waals surface area contributed by atoms with E-state index in [2.05, 4.69) is 11.1 Å². The highest BCUT2D eigenvalue weighted by atomic mass is 16.3. The predicted octanol–water partition coefficient (Wildman–Crippen LogP) is 3.70. The molecule has 5 nitrogen and oxygen atoms in total.